The second-order valence-corrected chi connectivity index (χ2v) is 8.21. The number of nitrogens with zero attached hydrogens (tertiary/aromatic N) is 1. The van der Waals surface area contributed by atoms with Crippen LogP contribution in [-0.4, -0.2) is 49.5 Å². The van der Waals surface area contributed by atoms with E-state index in [-0.39, 0.29) is 18.9 Å². The summed E-state index contributed by atoms with van der Waals surface area (Å²) in [5, 5.41) is 3.92. The third-order valence-corrected chi connectivity index (χ3v) is 5.52. The number of aromatic nitrogens is 1. The van der Waals surface area contributed by atoms with Crippen molar-refractivity contribution in [3.8, 4) is 0 Å². The summed E-state index contributed by atoms with van der Waals surface area (Å²) in [6.07, 6.45) is 5.85. The molecule has 0 spiro atoms. The van der Waals surface area contributed by atoms with Crippen molar-refractivity contribution in [3.05, 3.63) is 36.0 Å². The zero-order valence-electron chi connectivity index (χ0n) is 14.9. The molecule has 0 bridgehead atoms. The first-order valence-corrected chi connectivity index (χ1v) is 10.5. The quantitative estimate of drug-likeness (QED) is 0.634. The topological polar surface area (TPSA) is 82.3 Å². The molecule has 7 heteroatoms. The van der Waals surface area contributed by atoms with E-state index >= 15 is 0 Å². The molecule has 0 aliphatic carbocycles. The van der Waals surface area contributed by atoms with Gasteiger partial charge < -0.3 is 10.3 Å². The minimum Gasteiger partial charge on any atom is -0.361 e. The number of carbonyl (C=O) groups is 1. The monoisotopic (exact) mass is 365 g/mol. The van der Waals surface area contributed by atoms with Gasteiger partial charge in [-0.15, -0.1) is 0 Å². The van der Waals surface area contributed by atoms with Gasteiger partial charge in [-0.25, -0.2) is 12.7 Å². The molecular formula is C18H27N3O3S. The number of unbranched alkanes of at least 4 members (excludes halogenated alkanes) is 1. The first-order valence-electron chi connectivity index (χ1n) is 8.68. The standard InChI is InChI=1S/C18H27N3O3S/c1-3-4-11-19-18(22)10-13-21(25(2,23)24)12-9-15-14-20-17-8-6-5-7-16(15)17/h5-8,14,20H,3-4,9-13H2,1-2H3,(H,19,22). The Morgan fingerprint density at radius 2 is 2.00 bits per heavy atom. The Morgan fingerprint density at radius 3 is 2.72 bits per heavy atom. The number of nitrogens with one attached hydrogen (secondary N) is 2. The molecule has 1 aromatic carbocycles. The lowest BCUT2D eigenvalue weighted by Gasteiger charge is -2.19. The lowest BCUT2D eigenvalue weighted by atomic mass is 10.1. The number of amides is 1. The maximum absolute atomic E-state index is 12.0. The zero-order chi connectivity index (χ0) is 18.3. The van der Waals surface area contributed by atoms with E-state index in [1.54, 1.807) is 0 Å². The lowest BCUT2D eigenvalue weighted by molar-refractivity contribution is -0.121. The van der Waals surface area contributed by atoms with Gasteiger partial charge in [0.15, 0.2) is 0 Å². The van der Waals surface area contributed by atoms with Crippen LogP contribution in [0.1, 0.15) is 31.7 Å². The van der Waals surface area contributed by atoms with Crippen LogP contribution in [0.4, 0.5) is 0 Å². The summed E-state index contributed by atoms with van der Waals surface area (Å²) < 4.78 is 25.4. The van der Waals surface area contributed by atoms with Gasteiger partial charge in [0.05, 0.1) is 6.26 Å². The molecule has 2 rings (SSSR count). The van der Waals surface area contributed by atoms with Crippen LogP contribution >= 0.6 is 0 Å². The van der Waals surface area contributed by atoms with Crippen molar-refractivity contribution in [2.24, 2.45) is 0 Å². The van der Waals surface area contributed by atoms with Crippen molar-refractivity contribution < 1.29 is 13.2 Å². The number of fused-ring (bicyclic) bond motifs is 1. The van der Waals surface area contributed by atoms with Crippen LogP contribution in [0.5, 0.6) is 0 Å². The van der Waals surface area contributed by atoms with Gasteiger partial charge in [-0.3, -0.25) is 4.79 Å². The second kappa shape index (κ2) is 9.01. The summed E-state index contributed by atoms with van der Waals surface area (Å²) in [4.78, 5) is 15.0. The highest BCUT2D eigenvalue weighted by Crippen LogP contribution is 2.18. The zero-order valence-corrected chi connectivity index (χ0v) is 15.7. The minimum atomic E-state index is -3.35. The molecule has 0 aliphatic rings. The van der Waals surface area contributed by atoms with Crippen LogP contribution in [0.25, 0.3) is 10.9 Å². The Bertz CT molecular complexity index is 799. The van der Waals surface area contributed by atoms with Crippen molar-refractivity contribution in [3.63, 3.8) is 0 Å². The molecule has 0 aliphatic heterocycles. The van der Waals surface area contributed by atoms with E-state index < -0.39 is 10.0 Å². The molecule has 2 N–H and O–H groups in total. The summed E-state index contributed by atoms with van der Waals surface area (Å²) in [5.74, 6) is -0.103. The molecule has 0 fully saturated rings. The van der Waals surface area contributed by atoms with E-state index in [4.69, 9.17) is 0 Å². The molecule has 2 aromatic rings. The summed E-state index contributed by atoms with van der Waals surface area (Å²) in [6, 6.07) is 7.94. The Kier molecular flexibility index (Phi) is 7.01. The summed E-state index contributed by atoms with van der Waals surface area (Å²) in [5.41, 5.74) is 2.12. The average molecular weight is 365 g/mol. The van der Waals surface area contributed by atoms with E-state index in [1.807, 2.05) is 30.5 Å². The van der Waals surface area contributed by atoms with Crippen LogP contribution in [0.15, 0.2) is 30.5 Å². The third kappa shape index (κ3) is 5.86. The fourth-order valence-corrected chi connectivity index (χ4v) is 3.59. The average Bonchev–Trinajstić information content (AvgIpc) is 2.97. The van der Waals surface area contributed by atoms with Crippen LogP contribution in [0.3, 0.4) is 0 Å². The Labute approximate surface area is 149 Å². The van der Waals surface area contributed by atoms with Gasteiger partial charge in [0.2, 0.25) is 15.9 Å². The smallest absolute Gasteiger partial charge is 0.221 e. The Balaban J connectivity index is 1.93. The normalized spacial score (nSPS) is 12.0. The van der Waals surface area contributed by atoms with E-state index in [1.165, 1.54) is 10.6 Å². The predicted octanol–water partition coefficient (Wildman–Crippen LogP) is 2.28. The van der Waals surface area contributed by atoms with E-state index in [0.29, 0.717) is 19.5 Å². The number of H-pyrrole nitrogens is 1. The van der Waals surface area contributed by atoms with Crippen LogP contribution in [-0.2, 0) is 21.2 Å². The summed E-state index contributed by atoms with van der Waals surface area (Å²) in [7, 11) is -3.35. The molecule has 0 atom stereocenters. The first-order chi connectivity index (χ1) is 11.9. The minimum absolute atomic E-state index is 0.103. The molecule has 0 saturated carbocycles. The van der Waals surface area contributed by atoms with Crippen molar-refractivity contribution in [2.45, 2.75) is 32.6 Å². The number of aromatic amines is 1. The second-order valence-electron chi connectivity index (χ2n) is 6.23. The number of benzene rings is 1. The lowest BCUT2D eigenvalue weighted by Crippen LogP contribution is -2.36. The molecule has 1 heterocycles. The fourth-order valence-electron chi connectivity index (χ4n) is 2.75. The van der Waals surface area contributed by atoms with Crippen molar-refractivity contribution in [1.29, 1.82) is 0 Å². The van der Waals surface area contributed by atoms with E-state index in [0.717, 1.165) is 29.3 Å². The number of hydrogen-bond donors (Lipinski definition) is 2. The van der Waals surface area contributed by atoms with E-state index in [2.05, 4.69) is 17.2 Å². The van der Waals surface area contributed by atoms with Gasteiger partial charge in [0.1, 0.15) is 0 Å². The highest BCUT2D eigenvalue weighted by atomic mass is 32.2. The largest absolute Gasteiger partial charge is 0.361 e. The van der Waals surface area contributed by atoms with Crippen LogP contribution in [0.2, 0.25) is 0 Å². The summed E-state index contributed by atoms with van der Waals surface area (Å²) in [6.45, 7) is 3.27. The van der Waals surface area contributed by atoms with Crippen LogP contribution < -0.4 is 5.32 Å². The number of hydrogen-bond acceptors (Lipinski definition) is 3. The van der Waals surface area contributed by atoms with Gasteiger partial charge in [0, 0.05) is 43.2 Å². The van der Waals surface area contributed by atoms with Crippen molar-refractivity contribution in [1.82, 2.24) is 14.6 Å². The number of rotatable bonds is 10. The molecule has 138 valence electrons. The third-order valence-electron chi connectivity index (χ3n) is 4.22. The summed E-state index contributed by atoms with van der Waals surface area (Å²) >= 11 is 0. The van der Waals surface area contributed by atoms with Crippen molar-refractivity contribution in [2.75, 3.05) is 25.9 Å². The molecule has 6 nitrogen and oxygen atoms in total. The maximum atomic E-state index is 12.0. The highest BCUT2D eigenvalue weighted by molar-refractivity contribution is 7.88. The molecule has 0 saturated heterocycles. The molecule has 25 heavy (non-hydrogen) atoms. The van der Waals surface area contributed by atoms with Crippen molar-refractivity contribution >= 4 is 26.8 Å². The maximum Gasteiger partial charge on any atom is 0.221 e. The molecule has 0 radical (unpaired) electrons. The first kappa shape index (κ1) is 19.5. The van der Waals surface area contributed by atoms with E-state index in [9.17, 15) is 13.2 Å². The van der Waals surface area contributed by atoms with Gasteiger partial charge in [-0.1, -0.05) is 31.5 Å². The molecular weight excluding hydrogens is 338 g/mol. The van der Waals surface area contributed by atoms with Crippen LogP contribution in [0, 0.1) is 0 Å². The number of para-hydroxylation sites is 1. The molecule has 1 aromatic heterocycles. The van der Waals surface area contributed by atoms with Gasteiger partial charge in [-0.2, -0.15) is 0 Å². The fraction of sp³-hybridized carbons (Fsp3) is 0.500. The van der Waals surface area contributed by atoms with Gasteiger partial charge in [-0.05, 0) is 24.5 Å². The molecule has 1 amide bonds. The Morgan fingerprint density at radius 1 is 1.24 bits per heavy atom. The predicted molar refractivity (Wildman–Crippen MR) is 101 cm³/mol. The number of sulfonamides is 1. The Hall–Kier alpha value is -1.86. The highest BCUT2D eigenvalue weighted by Gasteiger charge is 2.18. The van der Waals surface area contributed by atoms with Gasteiger partial charge >= 0.3 is 0 Å². The molecule has 0 unspecified atom stereocenters. The SMILES string of the molecule is CCCCNC(=O)CCN(CCc1c[nH]c2ccccc12)S(C)(=O)=O. The number of carbonyl (C=O) groups excluding carboxylic acids is 1. The van der Waals surface area contributed by atoms with Gasteiger partial charge in [0.25, 0.3) is 0 Å².